The molecule has 0 saturated heterocycles. The third kappa shape index (κ3) is 6.13. The predicted molar refractivity (Wildman–Crippen MR) is 124 cm³/mol. The number of fused-ring (bicyclic) bond motifs is 1. The highest BCUT2D eigenvalue weighted by molar-refractivity contribution is 6.30. The van der Waals surface area contributed by atoms with E-state index in [1.165, 1.54) is 11.1 Å². The fourth-order valence-electron chi connectivity index (χ4n) is 3.76. The second-order valence-electron chi connectivity index (χ2n) is 7.78. The summed E-state index contributed by atoms with van der Waals surface area (Å²) in [6.07, 6.45) is -3.58. The van der Waals surface area contributed by atoms with Gasteiger partial charge < -0.3 is 14.7 Å². The van der Waals surface area contributed by atoms with Crippen LogP contribution in [0, 0.1) is 6.92 Å². The van der Waals surface area contributed by atoms with Crippen molar-refractivity contribution in [1.29, 1.82) is 0 Å². The minimum absolute atomic E-state index is 0.0379. The number of methoxy groups -OCH3 is 1. The van der Waals surface area contributed by atoms with E-state index in [0.717, 1.165) is 29.8 Å². The molecule has 4 rings (SSSR count). The molecule has 3 aromatic rings. The fraction of sp³-hybridized carbons (Fsp3) is 0.292. The van der Waals surface area contributed by atoms with Gasteiger partial charge in [0.1, 0.15) is 5.75 Å². The molecule has 11 heteroatoms. The van der Waals surface area contributed by atoms with Crippen LogP contribution >= 0.6 is 11.6 Å². The molecule has 0 bridgehead atoms. The van der Waals surface area contributed by atoms with Crippen molar-refractivity contribution in [3.05, 3.63) is 69.9 Å². The van der Waals surface area contributed by atoms with Gasteiger partial charge in [-0.1, -0.05) is 35.9 Å². The number of nitrogens with zero attached hydrogens (tertiary/aromatic N) is 2. The molecule has 1 amide bonds. The molecule has 35 heavy (non-hydrogen) atoms. The number of amides is 1. The number of alkyl halides is 3. The fourth-order valence-corrected chi connectivity index (χ4v) is 3.92. The van der Waals surface area contributed by atoms with Gasteiger partial charge in [0.25, 0.3) is 5.91 Å². The molecule has 2 aromatic carbocycles. The van der Waals surface area contributed by atoms with Crippen LogP contribution in [0.3, 0.4) is 0 Å². The Morgan fingerprint density at radius 3 is 2.43 bits per heavy atom. The van der Waals surface area contributed by atoms with Crippen molar-refractivity contribution >= 4 is 23.5 Å². The first-order chi connectivity index (χ1) is 16.5. The molecule has 0 spiro atoms. The average Bonchev–Trinajstić information content (AvgIpc) is 3.09. The van der Waals surface area contributed by atoms with Gasteiger partial charge in [0, 0.05) is 41.4 Å². The number of carboxylic acids is 1. The summed E-state index contributed by atoms with van der Waals surface area (Å²) in [4.78, 5) is 23.9. The molecular weight excluding hydrogens is 487 g/mol. The van der Waals surface area contributed by atoms with Crippen LogP contribution in [0.2, 0.25) is 5.02 Å². The SMILES string of the molecule is COc1cc(Cl)ccc1C(=O)N1CCc2[nH]nc(-c3ccccc3C)c2CC1.O=C(O)C(F)(F)F. The number of rotatable bonds is 3. The van der Waals surface area contributed by atoms with Crippen molar-refractivity contribution < 1.29 is 32.6 Å². The number of carboxylic acid groups (broad SMARTS) is 1. The number of ether oxygens (including phenoxy) is 1. The van der Waals surface area contributed by atoms with E-state index < -0.39 is 12.1 Å². The number of nitrogens with one attached hydrogen (secondary N) is 1. The molecule has 0 radical (unpaired) electrons. The van der Waals surface area contributed by atoms with Gasteiger partial charge >= 0.3 is 12.1 Å². The Morgan fingerprint density at radius 2 is 1.80 bits per heavy atom. The Labute approximate surface area is 204 Å². The lowest BCUT2D eigenvalue weighted by atomic mass is 9.99. The normalized spacial score (nSPS) is 13.3. The van der Waals surface area contributed by atoms with Crippen LogP contribution in [0.5, 0.6) is 5.75 Å². The first kappa shape index (κ1) is 26.1. The van der Waals surface area contributed by atoms with Crippen molar-refractivity contribution in [1.82, 2.24) is 15.1 Å². The Morgan fingerprint density at radius 1 is 1.14 bits per heavy atom. The molecule has 2 N–H and O–H groups in total. The van der Waals surface area contributed by atoms with Gasteiger partial charge in [-0.05, 0) is 37.1 Å². The standard InChI is InChI=1S/C22H22ClN3O2.C2HF3O2/c1-14-5-3-4-6-16(14)21-17-9-11-26(12-10-19(17)24-25-21)22(27)18-8-7-15(23)13-20(18)28-2;3-2(4,5)1(6)7/h3-8,13H,9-12H2,1-2H3,(H,24,25);(H,6,7). The van der Waals surface area contributed by atoms with Crippen LogP contribution in [-0.2, 0) is 17.6 Å². The van der Waals surface area contributed by atoms with Crippen LogP contribution in [0.1, 0.15) is 27.2 Å². The number of hydrogen-bond donors (Lipinski definition) is 2. The monoisotopic (exact) mass is 509 g/mol. The van der Waals surface area contributed by atoms with Gasteiger partial charge in [-0.2, -0.15) is 18.3 Å². The molecule has 186 valence electrons. The third-order valence-corrected chi connectivity index (χ3v) is 5.78. The van der Waals surface area contributed by atoms with Gasteiger partial charge in [0.2, 0.25) is 0 Å². The summed E-state index contributed by atoms with van der Waals surface area (Å²) < 4.78 is 37.1. The van der Waals surface area contributed by atoms with Crippen molar-refractivity contribution in [3.8, 4) is 17.0 Å². The number of H-pyrrole nitrogens is 1. The first-order valence-electron chi connectivity index (χ1n) is 10.6. The summed E-state index contributed by atoms with van der Waals surface area (Å²) in [5, 5.41) is 15.4. The number of carbonyl (C=O) groups is 2. The smallest absolute Gasteiger partial charge is 0.490 e. The number of aliphatic carboxylic acids is 1. The van der Waals surface area contributed by atoms with Gasteiger partial charge in [0.15, 0.2) is 0 Å². The topological polar surface area (TPSA) is 95.5 Å². The van der Waals surface area contributed by atoms with Crippen LogP contribution in [0.25, 0.3) is 11.3 Å². The van der Waals surface area contributed by atoms with E-state index in [2.05, 4.69) is 29.3 Å². The summed E-state index contributed by atoms with van der Waals surface area (Å²) in [7, 11) is 1.55. The molecule has 2 heterocycles. The Kier molecular flexibility index (Phi) is 8.06. The summed E-state index contributed by atoms with van der Waals surface area (Å²) in [5.74, 6) is -2.29. The van der Waals surface area contributed by atoms with E-state index in [1.54, 1.807) is 25.3 Å². The van der Waals surface area contributed by atoms with Gasteiger partial charge in [0.05, 0.1) is 18.4 Å². The van der Waals surface area contributed by atoms with E-state index in [-0.39, 0.29) is 5.91 Å². The highest BCUT2D eigenvalue weighted by Crippen LogP contribution is 2.30. The largest absolute Gasteiger partial charge is 0.496 e. The lowest BCUT2D eigenvalue weighted by Crippen LogP contribution is -2.33. The number of halogens is 4. The highest BCUT2D eigenvalue weighted by Gasteiger charge is 2.38. The number of benzene rings is 2. The molecule has 1 aromatic heterocycles. The van der Waals surface area contributed by atoms with Gasteiger partial charge in [-0.25, -0.2) is 4.79 Å². The van der Waals surface area contributed by atoms with E-state index in [0.29, 0.717) is 29.4 Å². The van der Waals surface area contributed by atoms with Crippen molar-refractivity contribution in [2.45, 2.75) is 25.9 Å². The van der Waals surface area contributed by atoms with Crippen LogP contribution in [0.4, 0.5) is 13.2 Å². The molecule has 0 unspecified atom stereocenters. The highest BCUT2D eigenvalue weighted by atomic mass is 35.5. The average molecular weight is 510 g/mol. The summed E-state index contributed by atoms with van der Waals surface area (Å²) in [6.45, 7) is 3.36. The number of aryl methyl sites for hydroxylation is 1. The van der Waals surface area contributed by atoms with Crippen molar-refractivity contribution in [2.24, 2.45) is 0 Å². The summed E-state index contributed by atoms with van der Waals surface area (Å²) in [5.41, 5.74) is 6.17. The van der Waals surface area contributed by atoms with Gasteiger partial charge in [-0.3, -0.25) is 9.89 Å². The predicted octanol–water partition coefficient (Wildman–Crippen LogP) is 4.92. The molecule has 1 aliphatic heterocycles. The van der Waals surface area contributed by atoms with E-state index in [1.807, 2.05) is 17.0 Å². The van der Waals surface area contributed by atoms with Gasteiger partial charge in [-0.15, -0.1) is 0 Å². The van der Waals surface area contributed by atoms with Crippen molar-refractivity contribution in [2.75, 3.05) is 20.2 Å². The second-order valence-corrected chi connectivity index (χ2v) is 8.22. The first-order valence-corrected chi connectivity index (χ1v) is 11.0. The molecule has 0 fully saturated rings. The molecule has 0 atom stereocenters. The zero-order valence-electron chi connectivity index (χ0n) is 18.9. The molecule has 0 saturated carbocycles. The minimum atomic E-state index is -5.08. The third-order valence-electron chi connectivity index (χ3n) is 5.54. The Balaban J connectivity index is 0.000000429. The summed E-state index contributed by atoms with van der Waals surface area (Å²) in [6, 6.07) is 13.4. The van der Waals surface area contributed by atoms with E-state index >= 15 is 0 Å². The Hall–Kier alpha value is -3.53. The number of aromatic nitrogens is 2. The van der Waals surface area contributed by atoms with E-state index in [4.69, 9.17) is 26.2 Å². The number of hydrogen-bond acceptors (Lipinski definition) is 4. The zero-order valence-corrected chi connectivity index (χ0v) is 19.7. The molecular formula is C24H23ClF3N3O4. The maximum absolute atomic E-state index is 13.1. The molecule has 0 aliphatic carbocycles. The zero-order chi connectivity index (χ0) is 25.8. The maximum atomic E-state index is 13.1. The number of aromatic amines is 1. The molecule has 1 aliphatic rings. The second kappa shape index (κ2) is 10.8. The van der Waals surface area contributed by atoms with E-state index in [9.17, 15) is 18.0 Å². The van der Waals surface area contributed by atoms with Crippen LogP contribution in [-0.4, -0.2) is 58.5 Å². The number of carbonyl (C=O) groups excluding carboxylic acids is 1. The minimum Gasteiger partial charge on any atom is -0.496 e. The quantitative estimate of drug-likeness (QED) is 0.522. The maximum Gasteiger partial charge on any atom is 0.490 e. The van der Waals surface area contributed by atoms with Crippen LogP contribution < -0.4 is 4.74 Å². The van der Waals surface area contributed by atoms with Crippen molar-refractivity contribution in [3.63, 3.8) is 0 Å². The Bertz CT molecular complexity index is 1230. The van der Waals surface area contributed by atoms with Crippen LogP contribution in [0.15, 0.2) is 42.5 Å². The lowest BCUT2D eigenvalue weighted by Gasteiger charge is -2.21. The molecule has 7 nitrogen and oxygen atoms in total. The summed E-state index contributed by atoms with van der Waals surface area (Å²) >= 11 is 6.03. The lowest BCUT2D eigenvalue weighted by molar-refractivity contribution is -0.192.